The predicted octanol–water partition coefficient (Wildman–Crippen LogP) is 15.8. The molecule has 1 aliphatic rings. The van der Waals surface area contributed by atoms with Crippen LogP contribution in [0.3, 0.4) is 0 Å². The zero-order chi connectivity index (χ0) is 42.3. The molecular formula is C60H41N3O. The van der Waals surface area contributed by atoms with Gasteiger partial charge in [0.05, 0.1) is 28.5 Å². The topological polar surface area (TPSA) is 42.8 Å². The number of furan rings is 1. The molecule has 0 spiro atoms. The minimum absolute atomic E-state index is 0.0736. The van der Waals surface area contributed by atoms with Gasteiger partial charge in [0.2, 0.25) is 0 Å². The Balaban J connectivity index is 1.17. The Labute approximate surface area is 370 Å². The quantitative estimate of drug-likeness (QED) is 0.165. The summed E-state index contributed by atoms with van der Waals surface area (Å²) in [6.45, 7) is 2.29. The first-order valence-electron chi connectivity index (χ1n) is 22.3. The normalized spacial score (nSPS) is 15.5. The molecule has 0 N–H and O–H groups in total. The molecule has 0 amide bonds. The van der Waals surface area contributed by atoms with Crippen LogP contribution < -0.4 is 0 Å². The number of nitrogens with zero attached hydrogens (tertiary/aromatic N) is 3. The largest absolute Gasteiger partial charge is 0.456 e. The summed E-state index contributed by atoms with van der Waals surface area (Å²) in [6.07, 6.45) is 0.819. The molecule has 0 bridgehead atoms. The van der Waals surface area contributed by atoms with E-state index >= 15 is 0 Å². The molecule has 0 fully saturated rings. The maximum absolute atomic E-state index is 6.79. The highest BCUT2D eigenvalue weighted by Gasteiger charge is 2.37. The van der Waals surface area contributed by atoms with Gasteiger partial charge in [-0.1, -0.05) is 177 Å². The Bertz CT molecular complexity index is 3900. The summed E-state index contributed by atoms with van der Waals surface area (Å²) in [4.78, 5) is 11.6. The molecule has 302 valence electrons. The minimum Gasteiger partial charge on any atom is -0.456 e. The number of aliphatic imine (C=N–C) groups is 2. The molecule has 12 aromatic rings. The zero-order valence-corrected chi connectivity index (χ0v) is 35.2. The van der Waals surface area contributed by atoms with Crippen LogP contribution in [0.5, 0.6) is 0 Å². The van der Waals surface area contributed by atoms with E-state index in [1.54, 1.807) is 0 Å². The number of rotatable bonds is 6. The van der Waals surface area contributed by atoms with E-state index in [0.29, 0.717) is 0 Å². The predicted molar refractivity (Wildman–Crippen MR) is 268 cm³/mol. The number of hydrogen-bond acceptors (Lipinski definition) is 3. The molecule has 13 rings (SSSR count). The van der Waals surface area contributed by atoms with Crippen LogP contribution in [-0.4, -0.2) is 16.1 Å². The molecule has 2 atom stereocenters. The number of amidine groups is 1. The van der Waals surface area contributed by atoms with E-state index in [4.69, 9.17) is 14.4 Å². The summed E-state index contributed by atoms with van der Waals surface area (Å²) in [6, 6.07) is 74.1. The van der Waals surface area contributed by atoms with Crippen LogP contribution in [0.2, 0.25) is 0 Å². The lowest BCUT2D eigenvalue weighted by molar-refractivity contribution is 0.534. The van der Waals surface area contributed by atoms with E-state index in [9.17, 15) is 0 Å². The third-order valence-corrected chi connectivity index (χ3v) is 13.6. The van der Waals surface area contributed by atoms with Gasteiger partial charge in [0, 0.05) is 49.5 Å². The fraction of sp³-hybridized carbons (Fsp3) is 0.0667. The number of para-hydroxylation sites is 1. The Hall–Kier alpha value is -8.08. The highest BCUT2D eigenvalue weighted by molar-refractivity contribution is 6.23. The molecule has 0 aliphatic carbocycles. The monoisotopic (exact) mass is 819 g/mol. The number of benzene rings is 10. The number of fused-ring (bicyclic) bond motifs is 10. The van der Waals surface area contributed by atoms with Crippen LogP contribution in [0.4, 0.5) is 0 Å². The van der Waals surface area contributed by atoms with Crippen LogP contribution in [0.1, 0.15) is 36.1 Å². The molecular weight excluding hydrogens is 779 g/mol. The lowest BCUT2D eigenvalue weighted by atomic mass is 9.80. The zero-order valence-electron chi connectivity index (χ0n) is 35.2. The average molecular weight is 820 g/mol. The first-order chi connectivity index (χ1) is 31.7. The van der Waals surface area contributed by atoms with E-state index in [1.165, 1.54) is 48.6 Å². The van der Waals surface area contributed by atoms with Crippen molar-refractivity contribution in [3.8, 4) is 16.8 Å². The second kappa shape index (κ2) is 14.5. The molecule has 4 heteroatoms. The molecule has 4 nitrogen and oxygen atoms in total. The SMILES string of the molecule is CCC1C(c2cccc3ccccc23)=NC(c2cccc(-c3ccccc3)c2)=NC1c1c(-n2c3cc4ccccc4cc3c3ccc4ccccc4c32)ccc2oc3ccccc3c12. The van der Waals surface area contributed by atoms with Crippen molar-refractivity contribution in [3.63, 3.8) is 0 Å². The Morgan fingerprint density at radius 3 is 1.97 bits per heavy atom. The second-order valence-corrected chi connectivity index (χ2v) is 17.1. The molecule has 2 unspecified atom stereocenters. The van der Waals surface area contributed by atoms with Gasteiger partial charge in [0.25, 0.3) is 0 Å². The molecule has 1 aliphatic heterocycles. The van der Waals surface area contributed by atoms with Crippen LogP contribution in [-0.2, 0) is 0 Å². The number of aromatic nitrogens is 1. The fourth-order valence-electron chi connectivity index (χ4n) is 10.6. The maximum Gasteiger partial charge on any atom is 0.155 e. The molecule has 0 saturated heterocycles. The summed E-state index contributed by atoms with van der Waals surface area (Å²) in [5, 5.41) is 11.8. The van der Waals surface area contributed by atoms with Crippen molar-refractivity contribution in [2.75, 3.05) is 0 Å². The maximum atomic E-state index is 6.79. The Morgan fingerprint density at radius 1 is 0.484 bits per heavy atom. The van der Waals surface area contributed by atoms with E-state index < -0.39 is 0 Å². The summed E-state index contributed by atoms with van der Waals surface area (Å²) >= 11 is 0. The summed E-state index contributed by atoms with van der Waals surface area (Å²) < 4.78 is 9.32. The van der Waals surface area contributed by atoms with Crippen LogP contribution >= 0.6 is 0 Å². The van der Waals surface area contributed by atoms with Crippen molar-refractivity contribution in [1.29, 1.82) is 0 Å². The molecule has 64 heavy (non-hydrogen) atoms. The van der Waals surface area contributed by atoms with Gasteiger partial charge in [0.15, 0.2) is 5.84 Å². The van der Waals surface area contributed by atoms with Gasteiger partial charge in [-0.3, -0.25) is 4.99 Å². The van der Waals surface area contributed by atoms with Crippen molar-refractivity contribution in [2.45, 2.75) is 19.4 Å². The standard InChI is InChI=1S/C60H41N3O/c1-2-44-57(47-28-15-22-38-18-8-10-25-45(38)47)61-60(43-24-14-23-40(34-43)37-16-4-3-5-17-37)62-58(44)56-51(32-33-54-55(56)49-27-12-13-29-53(49)64-54)63-52-36-42-21-7-6-20-41(42)35-50(52)48-31-30-39-19-9-11-26-46(39)59(48)63/h3-36,44,58H,2H2,1H3. The lowest BCUT2D eigenvalue weighted by Gasteiger charge is -2.32. The second-order valence-electron chi connectivity index (χ2n) is 17.1. The molecule has 10 aromatic carbocycles. The summed E-state index contributed by atoms with van der Waals surface area (Å²) in [5.74, 6) is 0.653. The van der Waals surface area contributed by atoms with Crippen molar-refractivity contribution in [2.24, 2.45) is 15.9 Å². The Morgan fingerprint density at radius 2 is 1.14 bits per heavy atom. The van der Waals surface area contributed by atoms with Crippen LogP contribution in [0, 0.1) is 5.92 Å². The van der Waals surface area contributed by atoms with Crippen molar-refractivity contribution >= 4 is 87.6 Å². The van der Waals surface area contributed by atoms with Gasteiger partial charge >= 0.3 is 0 Å². The van der Waals surface area contributed by atoms with Crippen LogP contribution in [0.15, 0.2) is 221 Å². The first-order valence-corrected chi connectivity index (χ1v) is 22.3. The Kier molecular flexibility index (Phi) is 8.29. The molecule has 0 saturated carbocycles. The van der Waals surface area contributed by atoms with Gasteiger partial charge in [-0.05, 0) is 80.9 Å². The van der Waals surface area contributed by atoms with Gasteiger partial charge in [-0.2, -0.15) is 0 Å². The van der Waals surface area contributed by atoms with Crippen LogP contribution in [0.25, 0.3) is 92.9 Å². The van der Waals surface area contributed by atoms with E-state index in [1.807, 2.05) is 0 Å². The van der Waals surface area contributed by atoms with Gasteiger partial charge in [-0.25, -0.2) is 4.99 Å². The lowest BCUT2D eigenvalue weighted by Crippen LogP contribution is -2.29. The van der Waals surface area contributed by atoms with E-state index in [-0.39, 0.29) is 12.0 Å². The van der Waals surface area contributed by atoms with Crippen molar-refractivity contribution < 1.29 is 4.42 Å². The number of hydrogen-bond donors (Lipinski definition) is 0. The molecule has 3 heterocycles. The smallest absolute Gasteiger partial charge is 0.155 e. The van der Waals surface area contributed by atoms with Gasteiger partial charge in [0.1, 0.15) is 11.2 Å². The summed E-state index contributed by atoms with van der Waals surface area (Å²) in [7, 11) is 0. The molecule has 2 aromatic heterocycles. The molecule has 0 radical (unpaired) electrons. The van der Waals surface area contributed by atoms with Gasteiger partial charge < -0.3 is 8.98 Å². The fourth-order valence-corrected chi connectivity index (χ4v) is 10.6. The third-order valence-electron chi connectivity index (χ3n) is 13.6. The highest BCUT2D eigenvalue weighted by atomic mass is 16.3. The third kappa shape index (κ3) is 5.62. The van der Waals surface area contributed by atoms with E-state index in [0.717, 1.165) is 78.9 Å². The van der Waals surface area contributed by atoms with Crippen molar-refractivity contribution in [1.82, 2.24) is 4.57 Å². The van der Waals surface area contributed by atoms with Gasteiger partial charge in [-0.15, -0.1) is 0 Å². The average Bonchev–Trinajstić information content (AvgIpc) is 3.90. The van der Waals surface area contributed by atoms with Crippen molar-refractivity contribution in [3.05, 3.63) is 223 Å². The minimum atomic E-state index is -0.338. The summed E-state index contributed by atoms with van der Waals surface area (Å²) in [5.41, 5.74) is 11.7. The van der Waals surface area contributed by atoms with E-state index in [2.05, 4.69) is 218 Å². The first kappa shape index (κ1) is 36.6. The highest BCUT2D eigenvalue weighted by Crippen LogP contribution is 2.48.